The van der Waals surface area contributed by atoms with Crippen molar-refractivity contribution in [2.45, 2.75) is 30.3 Å². The van der Waals surface area contributed by atoms with Gasteiger partial charge >= 0.3 is 0 Å². The molecule has 0 saturated heterocycles. The quantitative estimate of drug-likeness (QED) is 0.714. The number of nitrogens with one attached hydrogen (secondary N) is 1. The third kappa shape index (κ3) is 3.12. The molecule has 0 amide bonds. The Morgan fingerprint density at radius 1 is 1.10 bits per heavy atom. The third-order valence-corrected chi connectivity index (χ3v) is 4.86. The first kappa shape index (κ1) is 14.2. The predicted octanol–water partition coefficient (Wildman–Crippen LogP) is 4.05. The molecule has 0 aliphatic rings. The number of para-hydroxylation sites is 2. The molecule has 2 atom stereocenters. The molecule has 4 heteroatoms. The molecular weight excluding hydrogens is 278 g/mol. The summed E-state index contributed by atoms with van der Waals surface area (Å²) >= 11 is 1.69. The molecule has 2 aromatic carbocycles. The van der Waals surface area contributed by atoms with Crippen molar-refractivity contribution in [1.82, 2.24) is 9.97 Å². The van der Waals surface area contributed by atoms with Crippen molar-refractivity contribution < 1.29 is 0 Å². The van der Waals surface area contributed by atoms with Gasteiger partial charge in [-0.2, -0.15) is 0 Å². The van der Waals surface area contributed by atoms with E-state index < -0.39 is 0 Å². The average Bonchev–Trinajstić information content (AvgIpc) is 2.88. The molecule has 3 rings (SSSR count). The van der Waals surface area contributed by atoms with E-state index in [1.807, 2.05) is 31.2 Å². The first-order valence-corrected chi connectivity index (χ1v) is 7.95. The number of aromatic nitrogens is 2. The van der Waals surface area contributed by atoms with Crippen LogP contribution in [0.15, 0.2) is 53.7 Å². The van der Waals surface area contributed by atoms with Crippen LogP contribution in [0.5, 0.6) is 0 Å². The van der Waals surface area contributed by atoms with Crippen molar-refractivity contribution in [3.63, 3.8) is 0 Å². The van der Waals surface area contributed by atoms with E-state index in [0.717, 1.165) is 16.2 Å². The van der Waals surface area contributed by atoms with Gasteiger partial charge in [0.05, 0.1) is 16.3 Å². The van der Waals surface area contributed by atoms with Gasteiger partial charge in [0.2, 0.25) is 0 Å². The third-order valence-electron chi connectivity index (χ3n) is 3.49. The van der Waals surface area contributed by atoms with E-state index in [1.165, 1.54) is 11.1 Å². The fraction of sp³-hybridized carbons (Fsp3) is 0.235. The van der Waals surface area contributed by atoms with Crippen LogP contribution in [0.4, 0.5) is 0 Å². The van der Waals surface area contributed by atoms with Crippen molar-refractivity contribution in [1.29, 1.82) is 0 Å². The Morgan fingerprint density at radius 2 is 1.81 bits per heavy atom. The Balaban J connectivity index is 1.89. The first-order valence-electron chi connectivity index (χ1n) is 7.07. The van der Waals surface area contributed by atoms with E-state index in [4.69, 9.17) is 5.73 Å². The van der Waals surface area contributed by atoms with Crippen molar-refractivity contribution >= 4 is 22.8 Å². The van der Waals surface area contributed by atoms with Crippen LogP contribution in [0.2, 0.25) is 0 Å². The molecule has 1 aromatic heterocycles. The summed E-state index contributed by atoms with van der Waals surface area (Å²) in [5.41, 5.74) is 10.7. The minimum Gasteiger partial charge on any atom is -0.333 e. The Bertz CT molecular complexity index is 698. The molecule has 0 spiro atoms. The maximum absolute atomic E-state index is 6.19. The number of benzene rings is 2. The van der Waals surface area contributed by atoms with Gasteiger partial charge in [-0.05, 0) is 31.5 Å². The second-order valence-electron chi connectivity index (χ2n) is 5.37. The van der Waals surface area contributed by atoms with Crippen LogP contribution in [0.25, 0.3) is 11.0 Å². The van der Waals surface area contributed by atoms with Crippen LogP contribution >= 0.6 is 11.8 Å². The van der Waals surface area contributed by atoms with E-state index in [9.17, 15) is 0 Å². The number of H-pyrrole nitrogens is 1. The van der Waals surface area contributed by atoms with Crippen molar-refractivity contribution in [2.24, 2.45) is 5.73 Å². The fourth-order valence-electron chi connectivity index (χ4n) is 2.34. The van der Waals surface area contributed by atoms with Gasteiger partial charge < -0.3 is 10.7 Å². The lowest BCUT2D eigenvalue weighted by Crippen LogP contribution is -2.22. The summed E-state index contributed by atoms with van der Waals surface area (Å²) in [6, 6.07) is 16.7. The molecule has 0 fully saturated rings. The Kier molecular flexibility index (Phi) is 3.99. The zero-order valence-electron chi connectivity index (χ0n) is 12.2. The van der Waals surface area contributed by atoms with E-state index in [-0.39, 0.29) is 11.3 Å². The van der Waals surface area contributed by atoms with Crippen LogP contribution in [0.1, 0.15) is 23.3 Å². The molecule has 3 N–H and O–H groups in total. The number of hydrogen-bond acceptors (Lipinski definition) is 3. The van der Waals surface area contributed by atoms with E-state index in [0.29, 0.717) is 0 Å². The molecule has 2 unspecified atom stereocenters. The first-order chi connectivity index (χ1) is 10.1. The van der Waals surface area contributed by atoms with Gasteiger partial charge in [-0.15, -0.1) is 0 Å². The summed E-state index contributed by atoms with van der Waals surface area (Å²) in [5, 5.41) is 1.10. The lowest BCUT2D eigenvalue weighted by atomic mass is 10.1. The normalized spacial score (nSPS) is 14.2. The molecular formula is C17H19N3S. The van der Waals surface area contributed by atoms with Gasteiger partial charge in [0.1, 0.15) is 0 Å². The van der Waals surface area contributed by atoms with Gasteiger partial charge in [-0.25, -0.2) is 4.98 Å². The summed E-state index contributed by atoms with van der Waals surface area (Å²) in [5.74, 6) is 0. The van der Waals surface area contributed by atoms with Crippen molar-refractivity contribution in [3.8, 4) is 0 Å². The highest BCUT2D eigenvalue weighted by Crippen LogP contribution is 2.36. The number of imidazole rings is 1. The lowest BCUT2D eigenvalue weighted by Gasteiger charge is -2.19. The smallest absolute Gasteiger partial charge is 0.167 e. The molecule has 3 aromatic rings. The molecule has 21 heavy (non-hydrogen) atoms. The van der Waals surface area contributed by atoms with Gasteiger partial charge in [-0.3, -0.25) is 0 Å². The van der Waals surface area contributed by atoms with Gasteiger partial charge in [0.25, 0.3) is 0 Å². The number of nitrogens with two attached hydrogens (primary N) is 1. The maximum atomic E-state index is 6.19. The Morgan fingerprint density at radius 3 is 2.48 bits per heavy atom. The number of aryl methyl sites for hydroxylation is 1. The standard InChI is InChI=1S/C17H19N3S/c1-11-7-9-13(10-8-11)16(12(2)18)21-17-19-14-5-3-4-6-15(14)20-17/h3-10,12,16H,18H2,1-2H3,(H,19,20). The summed E-state index contributed by atoms with van der Waals surface area (Å²) in [4.78, 5) is 7.99. The highest BCUT2D eigenvalue weighted by Gasteiger charge is 2.19. The molecule has 0 radical (unpaired) electrons. The van der Waals surface area contributed by atoms with E-state index >= 15 is 0 Å². The highest BCUT2D eigenvalue weighted by atomic mass is 32.2. The molecule has 1 heterocycles. The largest absolute Gasteiger partial charge is 0.333 e. The number of thioether (sulfide) groups is 1. The number of hydrogen-bond donors (Lipinski definition) is 2. The summed E-state index contributed by atoms with van der Waals surface area (Å²) in [7, 11) is 0. The number of aromatic amines is 1. The summed E-state index contributed by atoms with van der Waals surface area (Å²) in [6.45, 7) is 4.14. The monoisotopic (exact) mass is 297 g/mol. The lowest BCUT2D eigenvalue weighted by molar-refractivity contribution is 0.719. The zero-order valence-corrected chi connectivity index (χ0v) is 13.0. The fourth-order valence-corrected chi connectivity index (χ4v) is 3.41. The molecule has 0 aliphatic carbocycles. The zero-order chi connectivity index (χ0) is 14.8. The molecule has 0 aliphatic heterocycles. The Hall–Kier alpha value is -1.78. The predicted molar refractivity (Wildman–Crippen MR) is 89.5 cm³/mol. The van der Waals surface area contributed by atoms with E-state index in [2.05, 4.69) is 41.2 Å². The van der Waals surface area contributed by atoms with Gasteiger partial charge in [0.15, 0.2) is 5.16 Å². The Labute approximate surface area is 129 Å². The number of fused-ring (bicyclic) bond motifs is 1. The SMILES string of the molecule is Cc1ccc(C(Sc2nc3ccccc3[nH]2)C(C)N)cc1. The van der Waals surface area contributed by atoms with Crippen LogP contribution in [0.3, 0.4) is 0 Å². The second kappa shape index (κ2) is 5.92. The highest BCUT2D eigenvalue weighted by molar-refractivity contribution is 7.99. The van der Waals surface area contributed by atoms with Crippen LogP contribution < -0.4 is 5.73 Å². The van der Waals surface area contributed by atoms with E-state index in [1.54, 1.807) is 11.8 Å². The number of nitrogens with zero attached hydrogens (tertiary/aromatic N) is 1. The number of rotatable bonds is 4. The summed E-state index contributed by atoms with van der Waals surface area (Å²) in [6.07, 6.45) is 0. The maximum Gasteiger partial charge on any atom is 0.167 e. The second-order valence-corrected chi connectivity index (χ2v) is 6.50. The molecule has 0 bridgehead atoms. The molecule has 3 nitrogen and oxygen atoms in total. The summed E-state index contributed by atoms with van der Waals surface area (Å²) < 4.78 is 0. The van der Waals surface area contributed by atoms with Crippen LogP contribution in [0, 0.1) is 6.92 Å². The minimum atomic E-state index is 0.0471. The topological polar surface area (TPSA) is 54.7 Å². The van der Waals surface area contributed by atoms with Gasteiger partial charge in [-0.1, -0.05) is 53.7 Å². The van der Waals surface area contributed by atoms with Crippen LogP contribution in [-0.4, -0.2) is 16.0 Å². The minimum absolute atomic E-state index is 0.0471. The molecule has 0 saturated carbocycles. The van der Waals surface area contributed by atoms with Crippen molar-refractivity contribution in [2.75, 3.05) is 0 Å². The van der Waals surface area contributed by atoms with Crippen LogP contribution in [-0.2, 0) is 0 Å². The van der Waals surface area contributed by atoms with Gasteiger partial charge in [0, 0.05) is 6.04 Å². The average molecular weight is 297 g/mol. The molecule has 108 valence electrons. The van der Waals surface area contributed by atoms with Crippen molar-refractivity contribution in [3.05, 3.63) is 59.7 Å².